The molecule has 4 heterocycles. The molecule has 1 unspecified atom stereocenters. The lowest BCUT2D eigenvalue weighted by Crippen LogP contribution is -2.69. The summed E-state index contributed by atoms with van der Waals surface area (Å²) in [5.74, 6) is 0.777. The Morgan fingerprint density at radius 2 is 1.91 bits per heavy atom. The lowest BCUT2D eigenvalue weighted by Gasteiger charge is -2.51. The fourth-order valence-electron chi connectivity index (χ4n) is 9.34. The number of nitrogens with one attached hydrogen (secondary N) is 1. The Bertz CT molecular complexity index is 1890. The first-order chi connectivity index (χ1) is 25.5. The molecule has 0 radical (unpaired) electrons. The maximum absolute atomic E-state index is 14.6. The Balaban J connectivity index is 1.12. The zero-order chi connectivity index (χ0) is 36.9. The molecule has 4 aliphatic heterocycles. The van der Waals surface area contributed by atoms with Gasteiger partial charge < -0.3 is 24.0 Å². The van der Waals surface area contributed by atoms with Crippen molar-refractivity contribution in [2.24, 2.45) is 22.1 Å². The largest absolute Gasteiger partial charge is 0.490 e. The van der Waals surface area contributed by atoms with E-state index in [1.54, 1.807) is 25.2 Å². The summed E-state index contributed by atoms with van der Waals surface area (Å²) in [4.78, 5) is 33.9. The van der Waals surface area contributed by atoms with Gasteiger partial charge in [0.15, 0.2) is 0 Å². The standard InChI is InChI=1S/C40H52ClN5O6S/c1-26-6-4-8-36(51-3)33-12-9-29(33)18-46-24-40(15-5-7-27-16-30(41)11-13-34(27)40)25-52-37-14-10-28(17-35(37)46)38(47)42-53(49,23-26)43-39(48)45-19-31(20-45)44-21-32(22-44)50-2/h4,8,10-11,13-14,16-17,26,29,31-33,36H,5-7,9,12,15,18-25H2,1-3H3,(H,42,43,47,48,49)/b8-4-/t26-,29-,33+,36-,40-,53?/m0/s1. The third-order valence-corrected chi connectivity index (χ3v) is 14.8. The second-order valence-electron chi connectivity index (χ2n) is 16.2. The van der Waals surface area contributed by atoms with Crippen LogP contribution in [-0.4, -0.2) is 110 Å². The number of methoxy groups -OCH3 is 2. The van der Waals surface area contributed by atoms with E-state index in [0.717, 1.165) is 69.0 Å². The van der Waals surface area contributed by atoms with Crippen molar-refractivity contribution in [1.82, 2.24) is 14.5 Å². The molecule has 6 atom stereocenters. The highest BCUT2D eigenvalue weighted by molar-refractivity contribution is 7.92. The van der Waals surface area contributed by atoms with E-state index in [0.29, 0.717) is 49.3 Å². The first kappa shape index (κ1) is 36.8. The zero-order valence-corrected chi connectivity index (χ0v) is 32.6. The Labute approximate surface area is 318 Å². The number of aryl methyl sites for hydroxylation is 1. The second kappa shape index (κ2) is 14.8. The van der Waals surface area contributed by atoms with Crippen molar-refractivity contribution in [2.75, 3.05) is 70.7 Å². The van der Waals surface area contributed by atoms with Crippen LogP contribution in [0.3, 0.4) is 0 Å². The number of rotatable bonds is 4. The van der Waals surface area contributed by atoms with Gasteiger partial charge in [-0.15, -0.1) is 4.36 Å². The molecule has 11 nitrogen and oxygen atoms in total. The maximum Gasteiger partial charge on any atom is 0.329 e. The molecule has 3 fully saturated rings. The molecular formula is C40H52ClN5O6S. The van der Waals surface area contributed by atoms with E-state index in [1.165, 1.54) is 11.1 Å². The highest BCUT2D eigenvalue weighted by atomic mass is 35.5. The van der Waals surface area contributed by atoms with Crippen LogP contribution in [0.1, 0.15) is 60.5 Å². The van der Waals surface area contributed by atoms with E-state index in [1.807, 2.05) is 25.1 Å². The van der Waals surface area contributed by atoms with Crippen LogP contribution in [0.15, 0.2) is 52.9 Å². The maximum atomic E-state index is 14.6. The Morgan fingerprint density at radius 3 is 2.66 bits per heavy atom. The average Bonchev–Trinajstić information content (AvgIpc) is 3.22. The number of likely N-dealkylation sites (tertiary alicyclic amines) is 2. The van der Waals surface area contributed by atoms with E-state index in [9.17, 15) is 13.8 Å². The van der Waals surface area contributed by atoms with Crippen molar-refractivity contribution >= 4 is 39.1 Å². The van der Waals surface area contributed by atoms with Crippen LogP contribution in [0.2, 0.25) is 5.02 Å². The monoisotopic (exact) mass is 765 g/mol. The van der Waals surface area contributed by atoms with Gasteiger partial charge >= 0.3 is 6.03 Å². The molecule has 2 saturated heterocycles. The molecule has 2 aromatic carbocycles. The average molecular weight is 766 g/mol. The number of carbonyl (C=O) groups excluding carboxylic acids is 2. The number of hydrogen-bond acceptors (Lipinski definition) is 8. The molecule has 2 bridgehead atoms. The van der Waals surface area contributed by atoms with Gasteiger partial charge in [0.1, 0.15) is 15.7 Å². The summed E-state index contributed by atoms with van der Waals surface area (Å²) < 4.78 is 39.8. The second-order valence-corrected chi connectivity index (χ2v) is 18.7. The fraction of sp³-hybridized carbons (Fsp3) is 0.600. The normalized spacial score (nSPS) is 32.9. The molecule has 13 heteroatoms. The topological polar surface area (TPSA) is 113 Å². The van der Waals surface area contributed by atoms with Gasteiger partial charge in [0.2, 0.25) is 0 Å². The number of urea groups is 1. The van der Waals surface area contributed by atoms with Crippen molar-refractivity contribution in [3.05, 3.63) is 70.3 Å². The summed E-state index contributed by atoms with van der Waals surface area (Å²) in [7, 11) is 0.0153. The Hall–Kier alpha value is -3.16. The molecule has 6 aliphatic rings. The van der Waals surface area contributed by atoms with Gasteiger partial charge in [-0.1, -0.05) is 36.7 Å². The number of nitrogens with zero attached hydrogens (tertiary/aromatic N) is 4. The van der Waals surface area contributed by atoms with E-state index in [2.05, 4.69) is 43.2 Å². The summed E-state index contributed by atoms with van der Waals surface area (Å²) in [5, 5.41) is 0.745. The summed E-state index contributed by atoms with van der Waals surface area (Å²) in [5.41, 5.74) is 3.46. The summed E-state index contributed by atoms with van der Waals surface area (Å²) in [6, 6.07) is 11.5. The number of allylic oxidation sites excluding steroid dienone is 1. The molecular weight excluding hydrogens is 714 g/mol. The molecule has 286 valence electrons. The highest BCUT2D eigenvalue weighted by Crippen LogP contribution is 2.47. The molecule has 3 amide bonds. The minimum absolute atomic E-state index is 0.0452. The number of fused-ring (bicyclic) bond motifs is 4. The van der Waals surface area contributed by atoms with Crippen molar-refractivity contribution in [1.29, 1.82) is 0 Å². The number of benzene rings is 2. The highest BCUT2D eigenvalue weighted by Gasteiger charge is 2.45. The van der Waals surface area contributed by atoms with Crippen LogP contribution in [-0.2, 0) is 31.2 Å². The molecule has 8 rings (SSSR count). The molecule has 1 spiro atoms. The van der Waals surface area contributed by atoms with Crippen molar-refractivity contribution in [3.63, 3.8) is 0 Å². The van der Waals surface area contributed by atoms with Gasteiger partial charge in [0, 0.05) is 75.5 Å². The Morgan fingerprint density at radius 1 is 1.08 bits per heavy atom. The molecule has 2 aliphatic carbocycles. The summed E-state index contributed by atoms with van der Waals surface area (Å²) in [6.07, 6.45) is 10.2. The summed E-state index contributed by atoms with van der Waals surface area (Å²) in [6.45, 7) is 6.77. The Kier molecular flexibility index (Phi) is 10.3. The molecule has 1 saturated carbocycles. The predicted octanol–water partition coefficient (Wildman–Crippen LogP) is 5.70. The van der Waals surface area contributed by atoms with Crippen LogP contribution >= 0.6 is 11.6 Å². The number of amides is 3. The van der Waals surface area contributed by atoms with Crippen LogP contribution in [0.25, 0.3) is 0 Å². The number of hydrogen-bond donors (Lipinski definition) is 1. The zero-order valence-electron chi connectivity index (χ0n) is 31.0. The quantitative estimate of drug-likeness (QED) is 0.395. The third kappa shape index (κ3) is 7.34. The SMILES string of the molecule is COC1CN(C2CN(C(=O)NS3(=O)=NC(=O)c4ccc5c(c4)N(C[C@@H]4CC[C@H]4[C@@H](OC)/C=C\C[C@H](C)C3)C[C@@]3(CCCc4cc(Cl)ccc43)CO5)C2)C1. The minimum atomic E-state index is -3.48. The number of carbonyl (C=O) groups is 2. The lowest BCUT2D eigenvalue weighted by atomic mass is 9.68. The minimum Gasteiger partial charge on any atom is -0.490 e. The van der Waals surface area contributed by atoms with Crippen LogP contribution in [0.4, 0.5) is 10.5 Å². The fourth-order valence-corrected chi connectivity index (χ4v) is 11.4. The smallest absolute Gasteiger partial charge is 0.329 e. The number of ether oxygens (including phenoxy) is 3. The predicted molar refractivity (Wildman–Crippen MR) is 206 cm³/mol. The first-order valence-corrected chi connectivity index (χ1v) is 21.2. The molecule has 53 heavy (non-hydrogen) atoms. The van der Waals surface area contributed by atoms with Crippen LogP contribution in [0.5, 0.6) is 5.75 Å². The first-order valence-electron chi connectivity index (χ1n) is 19.2. The van der Waals surface area contributed by atoms with E-state index in [-0.39, 0.29) is 35.3 Å². The van der Waals surface area contributed by atoms with Gasteiger partial charge in [0.05, 0.1) is 30.3 Å². The molecule has 0 aromatic heterocycles. The van der Waals surface area contributed by atoms with E-state index < -0.39 is 21.9 Å². The van der Waals surface area contributed by atoms with E-state index in [4.69, 9.17) is 25.8 Å². The van der Waals surface area contributed by atoms with Gasteiger partial charge in [0.25, 0.3) is 5.91 Å². The van der Waals surface area contributed by atoms with Gasteiger partial charge in [-0.25, -0.2) is 9.00 Å². The van der Waals surface area contributed by atoms with Crippen LogP contribution in [0, 0.1) is 17.8 Å². The van der Waals surface area contributed by atoms with Gasteiger partial charge in [-0.2, -0.15) is 0 Å². The van der Waals surface area contributed by atoms with Crippen molar-refractivity contribution in [2.45, 2.75) is 69.1 Å². The number of halogens is 1. The van der Waals surface area contributed by atoms with Crippen LogP contribution < -0.4 is 14.4 Å². The van der Waals surface area contributed by atoms with Crippen molar-refractivity contribution in [3.8, 4) is 5.75 Å². The van der Waals surface area contributed by atoms with E-state index >= 15 is 0 Å². The molecule has 2 aromatic rings. The van der Waals surface area contributed by atoms with Gasteiger partial charge in [-0.3, -0.25) is 14.4 Å². The third-order valence-electron chi connectivity index (χ3n) is 12.6. The summed E-state index contributed by atoms with van der Waals surface area (Å²) >= 11 is 6.47. The molecule has 1 N–H and O–H groups in total. The lowest BCUT2D eigenvalue weighted by molar-refractivity contribution is -0.0775. The number of anilines is 1. The van der Waals surface area contributed by atoms with Crippen molar-refractivity contribution < 1.29 is 28.0 Å². The van der Waals surface area contributed by atoms with Gasteiger partial charge in [-0.05, 0) is 97.7 Å².